The van der Waals surface area contributed by atoms with Crippen molar-refractivity contribution in [2.75, 3.05) is 0 Å². The second kappa shape index (κ2) is 7.91. The number of imidazole rings is 1. The molecule has 0 aliphatic carbocycles. The Balaban J connectivity index is 1.50. The second-order valence-electron chi connectivity index (χ2n) is 7.36. The summed E-state index contributed by atoms with van der Waals surface area (Å²) < 4.78 is 2.19. The molecule has 0 unspecified atom stereocenters. The van der Waals surface area contributed by atoms with Crippen LogP contribution in [0.4, 0.5) is 0 Å². The van der Waals surface area contributed by atoms with E-state index >= 15 is 0 Å². The van der Waals surface area contributed by atoms with E-state index in [1.165, 1.54) is 0 Å². The molecule has 5 aromatic rings. The Bertz CT molecular complexity index is 1290. The lowest BCUT2D eigenvalue weighted by atomic mass is 10.1. The largest absolute Gasteiger partial charge is 0.303 e. The van der Waals surface area contributed by atoms with Crippen LogP contribution in [0.1, 0.15) is 17.2 Å². The first-order valence-corrected chi connectivity index (χ1v) is 10.2. The van der Waals surface area contributed by atoms with E-state index in [0.29, 0.717) is 0 Å². The molecule has 0 fully saturated rings. The van der Waals surface area contributed by atoms with Crippen molar-refractivity contribution >= 4 is 11.0 Å². The van der Waals surface area contributed by atoms with Crippen molar-refractivity contribution in [3.8, 4) is 16.9 Å². The van der Waals surface area contributed by atoms with Gasteiger partial charge in [-0.2, -0.15) is 0 Å². The maximum Gasteiger partial charge on any atom is 0.114 e. The molecule has 0 aliphatic heterocycles. The highest BCUT2D eigenvalue weighted by Crippen LogP contribution is 2.23. The summed E-state index contributed by atoms with van der Waals surface area (Å²) in [5, 5.41) is 0. The Morgan fingerprint density at radius 2 is 1.30 bits per heavy atom. The van der Waals surface area contributed by atoms with Gasteiger partial charge in [-0.25, -0.2) is 15.0 Å². The van der Waals surface area contributed by atoms with Gasteiger partial charge in [0.15, 0.2) is 0 Å². The first kappa shape index (κ1) is 18.3. The number of aryl methyl sites for hydroxylation is 3. The van der Waals surface area contributed by atoms with Gasteiger partial charge < -0.3 is 4.57 Å². The van der Waals surface area contributed by atoms with E-state index in [0.717, 1.165) is 58.0 Å². The number of fused-ring (bicyclic) bond motifs is 1. The van der Waals surface area contributed by atoms with Crippen LogP contribution in [-0.2, 0) is 12.8 Å². The molecule has 0 atom stereocenters. The zero-order valence-electron chi connectivity index (χ0n) is 16.9. The SMILES string of the molecule is Cc1nc2ccccc2nc1CCc1nc(-c2ccccc2)cn1-c1ccccc1. The van der Waals surface area contributed by atoms with E-state index < -0.39 is 0 Å². The first-order chi connectivity index (χ1) is 14.8. The first-order valence-electron chi connectivity index (χ1n) is 10.2. The van der Waals surface area contributed by atoms with Gasteiger partial charge in [0.1, 0.15) is 5.82 Å². The van der Waals surface area contributed by atoms with E-state index in [-0.39, 0.29) is 0 Å². The van der Waals surface area contributed by atoms with E-state index in [1.807, 2.05) is 55.5 Å². The van der Waals surface area contributed by atoms with Gasteiger partial charge in [-0.15, -0.1) is 0 Å². The third kappa shape index (κ3) is 3.60. The van der Waals surface area contributed by atoms with Crippen molar-refractivity contribution in [3.63, 3.8) is 0 Å². The second-order valence-corrected chi connectivity index (χ2v) is 7.36. The summed E-state index contributed by atoms with van der Waals surface area (Å²) in [5.74, 6) is 1.02. The van der Waals surface area contributed by atoms with Crippen LogP contribution in [0.2, 0.25) is 0 Å². The van der Waals surface area contributed by atoms with Crippen LogP contribution in [-0.4, -0.2) is 19.5 Å². The molecule has 0 saturated heterocycles. The van der Waals surface area contributed by atoms with Crippen LogP contribution in [0.25, 0.3) is 28.0 Å². The minimum atomic E-state index is 0.787. The van der Waals surface area contributed by atoms with E-state index in [1.54, 1.807) is 0 Å². The fourth-order valence-corrected chi connectivity index (χ4v) is 3.75. The standard InChI is InChI=1S/C26H22N4/c1-19-22(28-24-15-9-8-14-23(24)27-19)16-17-26-29-25(20-10-4-2-5-11-20)18-30(26)21-12-6-3-7-13-21/h2-15,18H,16-17H2,1H3. The molecule has 0 aliphatic rings. The summed E-state index contributed by atoms with van der Waals surface area (Å²) in [5.41, 5.74) is 7.10. The number of hydrogen-bond acceptors (Lipinski definition) is 3. The zero-order chi connectivity index (χ0) is 20.3. The molecule has 0 spiro atoms. The summed E-state index contributed by atoms with van der Waals surface area (Å²) in [6.45, 7) is 2.04. The summed E-state index contributed by atoms with van der Waals surface area (Å²) in [6, 6.07) is 28.7. The van der Waals surface area contributed by atoms with Gasteiger partial charge in [-0.3, -0.25) is 0 Å². The van der Waals surface area contributed by atoms with Crippen molar-refractivity contribution < 1.29 is 0 Å². The molecule has 146 valence electrons. The number of hydrogen-bond donors (Lipinski definition) is 0. The molecule has 0 N–H and O–H groups in total. The molecule has 4 heteroatoms. The third-order valence-corrected chi connectivity index (χ3v) is 5.31. The Labute approximate surface area is 175 Å². The predicted octanol–water partition coefficient (Wildman–Crippen LogP) is 5.58. The van der Waals surface area contributed by atoms with Gasteiger partial charge in [0.2, 0.25) is 0 Å². The van der Waals surface area contributed by atoms with Crippen LogP contribution in [0.15, 0.2) is 91.1 Å². The van der Waals surface area contributed by atoms with Crippen molar-refractivity contribution in [1.82, 2.24) is 19.5 Å². The number of para-hydroxylation sites is 3. The maximum atomic E-state index is 4.98. The molecule has 3 aromatic carbocycles. The Kier molecular flexibility index (Phi) is 4.81. The highest BCUT2D eigenvalue weighted by atomic mass is 15.1. The number of nitrogens with zero attached hydrogens (tertiary/aromatic N) is 4. The van der Waals surface area contributed by atoms with E-state index in [9.17, 15) is 0 Å². The zero-order valence-corrected chi connectivity index (χ0v) is 16.9. The number of benzene rings is 3. The molecule has 0 amide bonds. The van der Waals surface area contributed by atoms with Crippen LogP contribution in [0, 0.1) is 6.92 Å². The van der Waals surface area contributed by atoms with E-state index in [4.69, 9.17) is 15.0 Å². The summed E-state index contributed by atoms with van der Waals surface area (Å²) in [4.78, 5) is 14.6. The Morgan fingerprint density at radius 1 is 0.667 bits per heavy atom. The highest BCUT2D eigenvalue weighted by molar-refractivity contribution is 5.74. The minimum absolute atomic E-state index is 0.787. The van der Waals surface area contributed by atoms with Crippen molar-refractivity contribution in [2.24, 2.45) is 0 Å². The van der Waals surface area contributed by atoms with Crippen LogP contribution < -0.4 is 0 Å². The topological polar surface area (TPSA) is 43.6 Å². The summed E-state index contributed by atoms with van der Waals surface area (Å²) >= 11 is 0. The molecule has 0 radical (unpaired) electrons. The lowest BCUT2D eigenvalue weighted by Crippen LogP contribution is -2.05. The number of rotatable bonds is 5. The molecule has 2 heterocycles. The lowest BCUT2D eigenvalue weighted by Gasteiger charge is -2.09. The lowest BCUT2D eigenvalue weighted by molar-refractivity contribution is 0.804. The quantitative estimate of drug-likeness (QED) is 0.394. The average Bonchev–Trinajstić information content (AvgIpc) is 3.23. The predicted molar refractivity (Wildman–Crippen MR) is 121 cm³/mol. The molecule has 4 nitrogen and oxygen atoms in total. The molecule has 30 heavy (non-hydrogen) atoms. The van der Waals surface area contributed by atoms with Gasteiger partial charge in [0, 0.05) is 23.9 Å². The number of aromatic nitrogens is 4. The van der Waals surface area contributed by atoms with Gasteiger partial charge in [0.05, 0.1) is 28.1 Å². The molecular formula is C26H22N4. The van der Waals surface area contributed by atoms with Crippen molar-refractivity contribution in [1.29, 1.82) is 0 Å². The third-order valence-electron chi connectivity index (χ3n) is 5.31. The normalized spacial score (nSPS) is 11.1. The fraction of sp³-hybridized carbons (Fsp3) is 0.115. The summed E-state index contributed by atoms with van der Waals surface area (Å²) in [7, 11) is 0. The van der Waals surface area contributed by atoms with Crippen molar-refractivity contribution in [2.45, 2.75) is 19.8 Å². The smallest absolute Gasteiger partial charge is 0.114 e. The molecular weight excluding hydrogens is 368 g/mol. The molecule has 5 rings (SSSR count). The minimum Gasteiger partial charge on any atom is -0.303 e. The molecule has 0 bridgehead atoms. The van der Waals surface area contributed by atoms with Gasteiger partial charge >= 0.3 is 0 Å². The van der Waals surface area contributed by atoms with Crippen LogP contribution in [0.5, 0.6) is 0 Å². The molecule has 2 aromatic heterocycles. The van der Waals surface area contributed by atoms with Gasteiger partial charge in [0.25, 0.3) is 0 Å². The van der Waals surface area contributed by atoms with E-state index in [2.05, 4.69) is 47.2 Å². The average molecular weight is 390 g/mol. The Hall–Kier alpha value is -3.79. The molecule has 0 saturated carbocycles. The maximum absolute atomic E-state index is 4.98. The van der Waals surface area contributed by atoms with Crippen LogP contribution in [0.3, 0.4) is 0 Å². The Morgan fingerprint density at radius 3 is 2.03 bits per heavy atom. The summed E-state index contributed by atoms with van der Waals surface area (Å²) in [6.07, 6.45) is 3.70. The van der Waals surface area contributed by atoms with Crippen molar-refractivity contribution in [3.05, 3.63) is 108 Å². The van der Waals surface area contributed by atoms with Gasteiger partial charge in [-0.05, 0) is 37.6 Å². The fourth-order valence-electron chi connectivity index (χ4n) is 3.75. The highest BCUT2D eigenvalue weighted by Gasteiger charge is 2.13. The van der Waals surface area contributed by atoms with Gasteiger partial charge in [-0.1, -0.05) is 60.7 Å². The van der Waals surface area contributed by atoms with Crippen LogP contribution >= 0.6 is 0 Å². The monoisotopic (exact) mass is 390 g/mol.